The predicted octanol–water partition coefficient (Wildman–Crippen LogP) is 2.13. The van der Waals surface area contributed by atoms with Crippen molar-refractivity contribution >= 4 is 11.6 Å². The summed E-state index contributed by atoms with van der Waals surface area (Å²) >= 11 is 0. The third-order valence-corrected chi connectivity index (χ3v) is 3.56. The number of rotatable bonds is 6. The number of benzene rings is 1. The molecule has 1 N–H and O–H groups in total. The van der Waals surface area contributed by atoms with Crippen LogP contribution in [0.3, 0.4) is 0 Å². The number of likely N-dealkylation sites (N-methyl/N-ethyl adjacent to an activating group) is 1. The predicted molar refractivity (Wildman–Crippen MR) is 82.7 cm³/mol. The van der Waals surface area contributed by atoms with Gasteiger partial charge in [-0.3, -0.25) is 9.69 Å². The zero-order valence-corrected chi connectivity index (χ0v) is 12.8. The SMILES string of the molecule is COc1cccc(NC(=O)CN(C)CC2CCCCO2)c1. The number of carbonyl (C=O) groups excluding carboxylic acids is 1. The maximum Gasteiger partial charge on any atom is 0.238 e. The highest BCUT2D eigenvalue weighted by molar-refractivity contribution is 5.92. The van der Waals surface area contributed by atoms with Gasteiger partial charge in [0, 0.05) is 24.9 Å². The molecule has 1 aliphatic heterocycles. The highest BCUT2D eigenvalue weighted by Crippen LogP contribution is 2.17. The van der Waals surface area contributed by atoms with Gasteiger partial charge in [0.1, 0.15) is 5.75 Å². The molecule has 5 nitrogen and oxygen atoms in total. The maximum absolute atomic E-state index is 12.0. The molecule has 1 fully saturated rings. The minimum absolute atomic E-state index is 0.0263. The van der Waals surface area contributed by atoms with Crippen LogP contribution in [0.5, 0.6) is 5.75 Å². The quantitative estimate of drug-likeness (QED) is 0.872. The van der Waals surface area contributed by atoms with Crippen molar-refractivity contribution in [1.29, 1.82) is 0 Å². The molecule has 0 aliphatic carbocycles. The van der Waals surface area contributed by atoms with Crippen LogP contribution >= 0.6 is 0 Å². The monoisotopic (exact) mass is 292 g/mol. The number of anilines is 1. The Morgan fingerprint density at radius 1 is 1.48 bits per heavy atom. The Bertz CT molecular complexity index is 459. The fourth-order valence-electron chi connectivity index (χ4n) is 2.51. The van der Waals surface area contributed by atoms with E-state index < -0.39 is 0 Å². The molecule has 0 radical (unpaired) electrons. The summed E-state index contributed by atoms with van der Waals surface area (Å²) in [5, 5.41) is 2.88. The molecule has 0 spiro atoms. The largest absolute Gasteiger partial charge is 0.497 e. The van der Waals surface area contributed by atoms with Crippen LogP contribution in [-0.4, -0.2) is 50.8 Å². The van der Waals surface area contributed by atoms with Crippen molar-refractivity contribution in [2.75, 3.05) is 39.2 Å². The van der Waals surface area contributed by atoms with Gasteiger partial charge in [-0.2, -0.15) is 0 Å². The van der Waals surface area contributed by atoms with Crippen molar-refractivity contribution in [3.05, 3.63) is 24.3 Å². The van der Waals surface area contributed by atoms with Gasteiger partial charge in [-0.05, 0) is 38.4 Å². The molecule has 2 rings (SSSR count). The Morgan fingerprint density at radius 3 is 3.05 bits per heavy atom. The van der Waals surface area contributed by atoms with Gasteiger partial charge >= 0.3 is 0 Å². The summed E-state index contributed by atoms with van der Waals surface area (Å²) in [6, 6.07) is 7.36. The molecule has 1 aromatic rings. The zero-order chi connectivity index (χ0) is 15.1. The van der Waals surface area contributed by atoms with Gasteiger partial charge in [-0.1, -0.05) is 6.07 Å². The maximum atomic E-state index is 12.0. The van der Waals surface area contributed by atoms with E-state index in [0.29, 0.717) is 6.54 Å². The molecule has 21 heavy (non-hydrogen) atoms. The van der Waals surface area contributed by atoms with Crippen molar-refractivity contribution in [3.8, 4) is 5.75 Å². The first-order chi connectivity index (χ1) is 10.2. The lowest BCUT2D eigenvalue weighted by Gasteiger charge is -2.27. The topological polar surface area (TPSA) is 50.8 Å². The third kappa shape index (κ3) is 5.36. The van der Waals surface area contributed by atoms with E-state index in [1.165, 1.54) is 6.42 Å². The van der Waals surface area contributed by atoms with Crippen LogP contribution in [0.25, 0.3) is 0 Å². The lowest BCUT2D eigenvalue weighted by molar-refractivity contribution is -0.117. The number of hydrogen-bond acceptors (Lipinski definition) is 4. The molecule has 0 aromatic heterocycles. The molecule has 1 amide bonds. The number of ether oxygens (including phenoxy) is 2. The summed E-state index contributed by atoms with van der Waals surface area (Å²) < 4.78 is 10.8. The van der Waals surface area contributed by atoms with Gasteiger partial charge in [0.05, 0.1) is 19.8 Å². The van der Waals surface area contributed by atoms with Gasteiger partial charge in [-0.25, -0.2) is 0 Å². The Balaban J connectivity index is 1.77. The first kappa shape index (κ1) is 15.8. The van der Waals surface area contributed by atoms with Crippen molar-refractivity contribution in [2.45, 2.75) is 25.4 Å². The van der Waals surface area contributed by atoms with E-state index in [2.05, 4.69) is 5.32 Å². The zero-order valence-electron chi connectivity index (χ0n) is 12.8. The molecule has 1 unspecified atom stereocenters. The normalized spacial score (nSPS) is 18.5. The Labute approximate surface area is 126 Å². The van der Waals surface area contributed by atoms with Crippen molar-refractivity contribution in [2.24, 2.45) is 0 Å². The molecular formula is C16H24N2O3. The van der Waals surface area contributed by atoms with Gasteiger partial charge < -0.3 is 14.8 Å². The minimum atomic E-state index is -0.0263. The standard InChI is InChI=1S/C16H24N2O3/c1-18(11-15-7-3-4-9-21-15)12-16(19)17-13-6-5-8-14(10-13)20-2/h5-6,8,10,15H,3-4,7,9,11-12H2,1-2H3,(H,17,19). The van der Waals surface area contributed by atoms with Gasteiger partial charge in [0.15, 0.2) is 0 Å². The molecule has 5 heteroatoms. The van der Waals surface area contributed by atoms with E-state index in [-0.39, 0.29) is 12.0 Å². The second kappa shape index (κ2) is 8.00. The number of methoxy groups -OCH3 is 1. The summed E-state index contributed by atoms with van der Waals surface area (Å²) in [5.41, 5.74) is 0.752. The summed E-state index contributed by atoms with van der Waals surface area (Å²) in [7, 11) is 3.56. The number of carbonyl (C=O) groups is 1. The summed E-state index contributed by atoms with van der Waals surface area (Å²) in [6.07, 6.45) is 3.71. The van der Waals surface area contributed by atoms with E-state index in [1.54, 1.807) is 7.11 Å². The second-order valence-electron chi connectivity index (χ2n) is 5.47. The van der Waals surface area contributed by atoms with Crippen LogP contribution in [0, 0.1) is 0 Å². The highest BCUT2D eigenvalue weighted by atomic mass is 16.5. The fourth-order valence-corrected chi connectivity index (χ4v) is 2.51. The second-order valence-corrected chi connectivity index (χ2v) is 5.47. The van der Waals surface area contributed by atoms with Crippen LogP contribution in [0.15, 0.2) is 24.3 Å². The lowest BCUT2D eigenvalue weighted by Crippen LogP contribution is -2.37. The van der Waals surface area contributed by atoms with Crippen molar-refractivity contribution < 1.29 is 14.3 Å². The van der Waals surface area contributed by atoms with E-state index in [9.17, 15) is 4.79 Å². The average molecular weight is 292 g/mol. The Kier molecular flexibility index (Phi) is 6.02. The summed E-state index contributed by atoms with van der Waals surface area (Å²) in [6.45, 7) is 2.00. The van der Waals surface area contributed by atoms with E-state index >= 15 is 0 Å². The van der Waals surface area contributed by atoms with Gasteiger partial charge in [0.2, 0.25) is 5.91 Å². The molecule has 0 saturated carbocycles. The molecular weight excluding hydrogens is 268 g/mol. The van der Waals surface area contributed by atoms with Crippen molar-refractivity contribution in [3.63, 3.8) is 0 Å². The van der Waals surface area contributed by atoms with Crippen LogP contribution in [-0.2, 0) is 9.53 Å². The molecule has 1 aliphatic rings. The van der Waals surface area contributed by atoms with Crippen LogP contribution in [0.2, 0.25) is 0 Å². The van der Waals surface area contributed by atoms with Gasteiger partial charge in [-0.15, -0.1) is 0 Å². The lowest BCUT2D eigenvalue weighted by atomic mass is 10.1. The molecule has 116 valence electrons. The molecule has 1 saturated heterocycles. The fraction of sp³-hybridized carbons (Fsp3) is 0.562. The number of amides is 1. The number of hydrogen-bond donors (Lipinski definition) is 1. The van der Waals surface area contributed by atoms with Gasteiger partial charge in [0.25, 0.3) is 0 Å². The molecule has 1 atom stereocenters. The van der Waals surface area contributed by atoms with Crippen molar-refractivity contribution in [1.82, 2.24) is 4.90 Å². The first-order valence-electron chi connectivity index (χ1n) is 7.41. The van der Waals surface area contributed by atoms with E-state index in [4.69, 9.17) is 9.47 Å². The molecule has 1 aromatic carbocycles. The molecule has 1 heterocycles. The minimum Gasteiger partial charge on any atom is -0.497 e. The highest BCUT2D eigenvalue weighted by Gasteiger charge is 2.17. The number of nitrogens with zero attached hydrogens (tertiary/aromatic N) is 1. The summed E-state index contributed by atoms with van der Waals surface area (Å²) in [4.78, 5) is 14.0. The number of nitrogens with one attached hydrogen (secondary N) is 1. The third-order valence-electron chi connectivity index (χ3n) is 3.56. The Morgan fingerprint density at radius 2 is 2.33 bits per heavy atom. The van der Waals surface area contributed by atoms with E-state index in [1.807, 2.05) is 36.2 Å². The van der Waals surface area contributed by atoms with Crippen LogP contribution in [0.4, 0.5) is 5.69 Å². The van der Waals surface area contributed by atoms with E-state index in [0.717, 1.165) is 37.4 Å². The molecule has 0 bridgehead atoms. The van der Waals surface area contributed by atoms with Crippen LogP contribution < -0.4 is 10.1 Å². The van der Waals surface area contributed by atoms with Crippen LogP contribution in [0.1, 0.15) is 19.3 Å². The average Bonchev–Trinajstić information content (AvgIpc) is 2.48. The smallest absolute Gasteiger partial charge is 0.238 e. The Hall–Kier alpha value is -1.59. The summed E-state index contributed by atoms with van der Waals surface area (Å²) in [5.74, 6) is 0.707. The first-order valence-corrected chi connectivity index (χ1v) is 7.41.